The van der Waals surface area contributed by atoms with Crippen molar-refractivity contribution < 1.29 is 9.66 Å². The fraction of sp³-hybridized carbons (Fsp3) is 0.304. The van der Waals surface area contributed by atoms with E-state index in [2.05, 4.69) is 45.9 Å². The van der Waals surface area contributed by atoms with Gasteiger partial charge in [-0.05, 0) is 17.7 Å². The van der Waals surface area contributed by atoms with E-state index < -0.39 is 4.92 Å². The summed E-state index contributed by atoms with van der Waals surface area (Å²) in [7, 11) is 0. The van der Waals surface area contributed by atoms with Crippen LogP contribution in [0.25, 0.3) is 11.4 Å². The average Bonchev–Trinajstić information content (AvgIpc) is 3.21. The summed E-state index contributed by atoms with van der Waals surface area (Å²) in [5.74, 6) is 1.43. The van der Waals surface area contributed by atoms with Gasteiger partial charge in [-0.2, -0.15) is 0 Å². The molecule has 9 heteroatoms. The van der Waals surface area contributed by atoms with Crippen LogP contribution in [-0.2, 0) is 17.8 Å². The van der Waals surface area contributed by atoms with Crippen molar-refractivity contribution in [3.8, 4) is 11.4 Å². The zero-order valence-electron chi connectivity index (χ0n) is 17.7. The summed E-state index contributed by atoms with van der Waals surface area (Å²) in [6.07, 6.45) is 1.90. The summed E-state index contributed by atoms with van der Waals surface area (Å²) in [4.78, 5) is 12.9. The number of benzene rings is 2. The number of nitro benzene ring substituents is 1. The maximum Gasteiger partial charge on any atom is 0.269 e. The lowest BCUT2D eigenvalue weighted by Crippen LogP contribution is -2.43. The van der Waals surface area contributed by atoms with Crippen LogP contribution in [0.5, 0.6) is 0 Å². The van der Waals surface area contributed by atoms with Gasteiger partial charge in [-0.1, -0.05) is 48.2 Å². The molecule has 32 heavy (non-hydrogen) atoms. The predicted octanol–water partition coefficient (Wildman–Crippen LogP) is 4.03. The van der Waals surface area contributed by atoms with Gasteiger partial charge in [-0.3, -0.25) is 19.6 Å². The van der Waals surface area contributed by atoms with Gasteiger partial charge in [0.05, 0.1) is 17.6 Å². The summed E-state index contributed by atoms with van der Waals surface area (Å²) in [5, 5.41) is 20.4. The molecule has 1 aliphatic heterocycles. The minimum absolute atomic E-state index is 0.0487. The molecule has 166 valence electrons. The molecule has 8 nitrogen and oxygen atoms in total. The van der Waals surface area contributed by atoms with Crippen LogP contribution in [0.3, 0.4) is 0 Å². The van der Waals surface area contributed by atoms with Crippen molar-refractivity contribution in [2.75, 3.05) is 25.4 Å². The molecule has 0 spiro atoms. The van der Waals surface area contributed by atoms with Crippen molar-refractivity contribution >= 4 is 17.4 Å². The van der Waals surface area contributed by atoms with E-state index in [-0.39, 0.29) is 11.8 Å². The number of ether oxygens (including phenoxy) is 1. The van der Waals surface area contributed by atoms with E-state index in [0.29, 0.717) is 19.0 Å². The third-order valence-corrected chi connectivity index (χ3v) is 6.33. The topological polar surface area (TPSA) is 86.3 Å². The molecule has 4 rings (SSSR count). The van der Waals surface area contributed by atoms with E-state index in [1.54, 1.807) is 30.0 Å². The molecule has 1 aromatic heterocycles. The highest BCUT2D eigenvalue weighted by Crippen LogP contribution is 2.27. The lowest BCUT2D eigenvalue weighted by Gasteiger charge is -2.32. The fourth-order valence-corrected chi connectivity index (χ4v) is 4.62. The average molecular weight is 452 g/mol. The van der Waals surface area contributed by atoms with Crippen molar-refractivity contribution in [3.05, 3.63) is 82.9 Å². The van der Waals surface area contributed by atoms with Crippen molar-refractivity contribution in [1.82, 2.24) is 19.7 Å². The molecule has 1 saturated heterocycles. The fourth-order valence-electron chi connectivity index (χ4n) is 3.67. The first-order valence-electron chi connectivity index (χ1n) is 10.4. The Labute approximate surface area is 191 Å². The second-order valence-electron chi connectivity index (χ2n) is 7.53. The molecule has 1 atom stereocenters. The van der Waals surface area contributed by atoms with E-state index in [1.807, 2.05) is 10.6 Å². The number of thioether (sulfide) groups is 1. The molecule has 1 aliphatic rings. The molecular weight excluding hydrogens is 426 g/mol. The maximum atomic E-state index is 10.9. The van der Waals surface area contributed by atoms with Gasteiger partial charge in [0.1, 0.15) is 0 Å². The van der Waals surface area contributed by atoms with E-state index >= 15 is 0 Å². The quantitative estimate of drug-likeness (QED) is 0.210. The number of aromatic nitrogens is 3. The van der Waals surface area contributed by atoms with Crippen LogP contribution in [0, 0.1) is 10.1 Å². The smallest absolute Gasteiger partial charge is 0.269 e. The Morgan fingerprint density at radius 1 is 1.19 bits per heavy atom. The van der Waals surface area contributed by atoms with E-state index in [1.165, 1.54) is 17.7 Å². The van der Waals surface area contributed by atoms with Crippen molar-refractivity contribution in [3.63, 3.8) is 0 Å². The van der Waals surface area contributed by atoms with Gasteiger partial charge in [-0.25, -0.2) is 0 Å². The second-order valence-corrected chi connectivity index (χ2v) is 8.52. The van der Waals surface area contributed by atoms with Gasteiger partial charge in [0.25, 0.3) is 5.69 Å². The Morgan fingerprint density at radius 3 is 2.69 bits per heavy atom. The largest absolute Gasteiger partial charge is 0.375 e. The molecular formula is C23H25N5O3S. The molecule has 1 fully saturated rings. The van der Waals surface area contributed by atoms with Crippen LogP contribution in [-0.4, -0.2) is 56.1 Å². The Balaban J connectivity index is 1.41. The van der Waals surface area contributed by atoms with Crippen LogP contribution in [0.1, 0.15) is 5.56 Å². The number of morpholine rings is 1. The second kappa shape index (κ2) is 10.5. The number of hydrogen-bond acceptors (Lipinski definition) is 7. The Bertz CT molecular complexity index is 1060. The van der Waals surface area contributed by atoms with Gasteiger partial charge in [0, 0.05) is 49.6 Å². The molecule has 1 unspecified atom stereocenters. The summed E-state index contributed by atoms with van der Waals surface area (Å²) < 4.78 is 7.97. The number of nitrogens with zero attached hydrogens (tertiary/aromatic N) is 5. The first-order valence-corrected chi connectivity index (χ1v) is 11.4. The Hall–Kier alpha value is -3.01. The molecule has 3 aromatic rings. The lowest BCUT2D eigenvalue weighted by molar-refractivity contribution is -0.384. The van der Waals surface area contributed by atoms with Gasteiger partial charge >= 0.3 is 0 Å². The third-order valence-electron chi connectivity index (χ3n) is 5.24. The van der Waals surface area contributed by atoms with Crippen LogP contribution in [0.2, 0.25) is 0 Å². The van der Waals surface area contributed by atoms with Crippen LogP contribution < -0.4 is 0 Å². The van der Waals surface area contributed by atoms with Crippen molar-refractivity contribution in [2.24, 2.45) is 0 Å². The van der Waals surface area contributed by atoms with Crippen molar-refractivity contribution in [1.29, 1.82) is 0 Å². The van der Waals surface area contributed by atoms with Crippen LogP contribution >= 0.6 is 11.8 Å². The molecule has 0 radical (unpaired) electrons. The Kier molecular flexibility index (Phi) is 7.31. The number of non-ortho nitro benzene ring substituents is 1. The van der Waals surface area contributed by atoms with Crippen molar-refractivity contribution in [2.45, 2.75) is 24.3 Å². The van der Waals surface area contributed by atoms with E-state index in [9.17, 15) is 10.1 Å². The highest BCUT2D eigenvalue weighted by atomic mass is 32.2. The molecule has 0 aliphatic carbocycles. The number of rotatable bonds is 9. The van der Waals surface area contributed by atoms with Gasteiger partial charge < -0.3 is 4.74 Å². The molecule has 0 N–H and O–H groups in total. The van der Waals surface area contributed by atoms with Gasteiger partial charge in [0.15, 0.2) is 11.0 Å². The molecule has 0 saturated carbocycles. The minimum Gasteiger partial charge on any atom is -0.375 e. The van der Waals surface area contributed by atoms with E-state index in [4.69, 9.17) is 4.74 Å². The maximum absolute atomic E-state index is 10.9. The van der Waals surface area contributed by atoms with E-state index in [0.717, 1.165) is 36.1 Å². The normalized spacial score (nSPS) is 16.7. The SMILES string of the molecule is C=CCn1c(SCC2CN(Cc3ccccc3)CCO2)nnc1-c1ccc([N+](=O)[O-])cc1. The van der Waals surface area contributed by atoms with Crippen LogP contribution in [0.15, 0.2) is 72.4 Å². The first kappa shape index (κ1) is 22.2. The summed E-state index contributed by atoms with van der Waals surface area (Å²) >= 11 is 1.61. The number of nitro groups is 1. The highest BCUT2D eigenvalue weighted by molar-refractivity contribution is 7.99. The standard InChI is InChI=1S/C23H25N5O3S/c1-2-12-27-22(19-8-10-20(11-9-19)28(29)30)24-25-23(27)32-17-21-16-26(13-14-31-21)15-18-6-4-3-5-7-18/h2-11,21H,1,12-17H2. The lowest BCUT2D eigenvalue weighted by atomic mass is 10.2. The summed E-state index contributed by atoms with van der Waals surface area (Å²) in [6.45, 7) is 7.82. The van der Waals surface area contributed by atoms with Gasteiger partial charge in [0.2, 0.25) is 0 Å². The molecule has 2 heterocycles. The third kappa shape index (κ3) is 5.42. The molecule has 0 bridgehead atoms. The number of allylic oxidation sites excluding steroid dienone is 1. The number of hydrogen-bond donors (Lipinski definition) is 0. The summed E-state index contributed by atoms with van der Waals surface area (Å²) in [5.41, 5.74) is 2.13. The first-order chi connectivity index (χ1) is 15.6. The highest BCUT2D eigenvalue weighted by Gasteiger charge is 2.22. The monoisotopic (exact) mass is 451 g/mol. The Morgan fingerprint density at radius 2 is 1.97 bits per heavy atom. The minimum atomic E-state index is -0.412. The predicted molar refractivity (Wildman–Crippen MR) is 124 cm³/mol. The summed E-state index contributed by atoms with van der Waals surface area (Å²) in [6, 6.07) is 16.8. The van der Waals surface area contributed by atoms with Gasteiger partial charge in [-0.15, -0.1) is 16.8 Å². The zero-order valence-corrected chi connectivity index (χ0v) is 18.5. The van der Waals surface area contributed by atoms with Crippen LogP contribution in [0.4, 0.5) is 5.69 Å². The molecule has 0 amide bonds. The zero-order chi connectivity index (χ0) is 22.3. The molecule has 2 aromatic carbocycles.